The van der Waals surface area contributed by atoms with Crippen molar-refractivity contribution in [3.63, 3.8) is 0 Å². The van der Waals surface area contributed by atoms with Gasteiger partial charge in [-0.25, -0.2) is 4.79 Å². The first-order valence-electron chi connectivity index (χ1n) is 12.1. The average Bonchev–Trinajstić information content (AvgIpc) is 3.36. The second-order valence-electron chi connectivity index (χ2n) is 9.76. The fraction of sp³-hybridized carbons (Fsp3) is 0.444. The van der Waals surface area contributed by atoms with Crippen molar-refractivity contribution in [3.05, 3.63) is 59.7 Å². The summed E-state index contributed by atoms with van der Waals surface area (Å²) in [5, 5.41) is 15.0. The second kappa shape index (κ2) is 9.12. The Morgan fingerprint density at radius 2 is 1.59 bits per heavy atom. The van der Waals surface area contributed by atoms with Crippen molar-refractivity contribution in [1.82, 2.24) is 10.6 Å². The fourth-order valence-corrected chi connectivity index (χ4v) is 5.77. The third kappa shape index (κ3) is 4.15. The Labute approximate surface area is 198 Å². The summed E-state index contributed by atoms with van der Waals surface area (Å²) < 4.78 is 5.66. The molecule has 0 saturated heterocycles. The van der Waals surface area contributed by atoms with Crippen LogP contribution in [0.15, 0.2) is 48.5 Å². The molecule has 2 fully saturated rings. The van der Waals surface area contributed by atoms with E-state index in [1.54, 1.807) is 0 Å². The molecule has 2 amide bonds. The van der Waals surface area contributed by atoms with Gasteiger partial charge in [-0.1, -0.05) is 55.0 Å². The largest absolute Gasteiger partial charge is 0.481 e. The van der Waals surface area contributed by atoms with E-state index < -0.39 is 17.6 Å². The van der Waals surface area contributed by atoms with Crippen LogP contribution in [0.3, 0.4) is 0 Å². The van der Waals surface area contributed by atoms with Crippen LogP contribution in [0.4, 0.5) is 4.79 Å². The van der Waals surface area contributed by atoms with Crippen molar-refractivity contribution >= 4 is 18.0 Å². The Kier molecular flexibility index (Phi) is 6.02. The number of alkyl carbamates (subject to hydrolysis) is 1. The molecule has 2 saturated carbocycles. The first kappa shape index (κ1) is 22.4. The van der Waals surface area contributed by atoms with Gasteiger partial charge < -0.3 is 20.5 Å². The van der Waals surface area contributed by atoms with Gasteiger partial charge in [-0.2, -0.15) is 0 Å². The van der Waals surface area contributed by atoms with Crippen molar-refractivity contribution in [3.8, 4) is 11.1 Å². The first-order chi connectivity index (χ1) is 16.5. The van der Waals surface area contributed by atoms with E-state index in [-0.39, 0.29) is 36.8 Å². The zero-order valence-electron chi connectivity index (χ0n) is 19.1. The molecule has 178 valence electrons. The second-order valence-corrected chi connectivity index (χ2v) is 9.76. The lowest BCUT2D eigenvalue weighted by atomic mass is 9.75. The number of hydrogen-bond donors (Lipinski definition) is 3. The van der Waals surface area contributed by atoms with E-state index in [1.165, 1.54) is 0 Å². The lowest BCUT2D eigenvalue weighted by molar-refractivity contribution is -0.139. The third-order valence-corrected chi connectivity index (χ3v) is 7.74. The Morgan fingerprint density at radius 3 is 2.18 bits per heavy atom. The molecule has 0 heterocycles. The predicted molar refractivity (Wildman–Crippen MR) is 126 cm³/mol. The molecule has 3 aliphatic rings. The summed E-state index contributed by atoms with van der Waals surface area (Å²) in [5.74, 6) is -1.18. The van der Waals surface area contributed by atoms with E-state index in [0.29, 0.717) is 12.8 Å². The van der Waals surface area contributed by atoms with Gasteiger partial charge in [-0.05, 0) is 60.3 Å². The van der Waals surface area contributed by atoms with Gasteiger partial charge >= 0.3 is 12.1 Å². The zero-order valence-corrected chi connectivity index (χ0v) is 19.1. The van der Waals surface area contributed by atoms with Crippen molar-refractivity contribution < 1.29 is 24.2 Å². The van der Waals surface area contributed by atoms with E-state index in [9.17, 15) is 14.4 Å². The predicted octanol–water partition coefficient (Wildman–Crippen LogP) is 4.21. The number of carboxylic acids is 1. The summed E-state index contributed by atoms with van der Waals surface area (Å²) in [6.45, 7) is 0.195. The van der Waals surface area contributed by atoms with Crippen LogP contribution in [-0.4, -0.2) is 41.3 Å². The van der Waals surface area contributed by atoms with Crippen LogP contribution >= 0.6 is 0 Å². The van der Waals surface area contributed by atoms with Gasteiger partial charge in [0.05, 0.1) is 6.42 Å². The molecule has 0 spiro atoms. The molecule has 0 radical (unpaired) electrons. The zero-order chi connectivity index (χ0) is 23.7. The standard InChI is InChI=1S/C27H30N2O5/c30-24(31)15-17-7-5-12-23(17)28-25(32)27(13-6-14-27)29-26(33)34-16-22-20-10-3-1-8-18(20)19-9-2-4-11-21(19)22/h1-4,8-11,17,22-23H,5-7,12-16H2,(H,28,32)(H,29,33)(H,30,31)/t17-,23+/m0/s1. The number of carbonyl (C=O) groups excluding carboxylic acids is 2. The number of rotatable bonds is 7. The van der Waals surface area contributed by atoms with Gasteiger partial charge in [0.15, 0.2) is 0 Å². The molecule has 7 heteroatoms. The van der Waals surface area contributed by atoms with Crippen LogP contribution < -0.4 is 10.6 Å². The third-order valence-electron chi connectivity index (χ3n) is 7.74. The van der Waals surface area contributed by atoms with Crippen LogP contribution in [0.1, 0.15) is 62.0 Å². The normalized spacial score (nSPS) is 22.2. The lowest BCUT2D eigenvalue weighted by Crippen LogP contribution is -2.64. The van der Waals surface area contributed by atoms with Crippen LogP contribution in [-0.2, 0) is 14.3 Å². The number of hydrogen-bond acceptors (Lipinski definition) is 4. The highest BCUT2D eigenvalue weighted by Crippen LogP contribution is 2.44. The number of ether oxygens (including phenoxy) is 1. The highest BCUT2D eigenvalue weighted by Gasteiger charge is 2.47. The van der Waals surface area contributed by atoms with Crippen molar-refractivity contribution in [2.24, 2.45) is 5.92 Å². The minimum absolute atomic E-state index is 0.0421. The molecule has 0 aliphatic heterocycles. The minimum atomic E-state index is -0.973. The molecule has 3 aliphatic carbocycles. The highest BCUT2D eigenvalue weighted by molar-refractivity contribution is 5.91. The molecular weight excluding hydrogens is 432 g/mol. The molecule has 0 unspecified atom stereocenters. The summed E-state index contributed by atoms with van der Waals surface area (Å²) in [6, 6.07) is 16.1. The van der Waals surface area contributed by atoms with E-state index in [1.807, 2.05) is 24.3 Å². The smallest absolute Gasteiger partial charge is 0.408 e. The molecule has 3 N–H and O–H groups in total. The molecule has 2 aromatic carbocycles. The van der Waals surface area contributed by atoms with Crippen LogP contribution in [0.2, 0.25) is 0 Å². The number of aliphatic carboxylic acids is 1. The molecule has 34 heavy (non-hydrogen) atoms. The lowest BCUT2D eigenvalue weighted by Gasteiger charge is -2.41. The van der Waals surface area contributed by atoms with Crippen LogP contribution in [0.5, 0.6) is 0 Å². The number of carboxylic acid groups (broad SMARTS) is 1. The monoisotopic (exact) mass is 462 g/mol. The SMILES string of the molecule is O=C(O)C[C@@H]1CCC[C@H]1NC(=O)C1(NC(=O)OCC2c3ccccc3-c3ccccc32)CCC1. The Balaban J connectivity index is 1.22. The van der Waals surface area contributed by atoms with Crippen LogP contribution in [0.25, 0.3) is 11.1 Å². The number of amides is 2. The molecule has 5 rings (SSSR count). The molecule has 0 aromatic heterocycles. The van der Waals surface area contributed by atoms with E-state index in [2.05, 4.69) is 34.9 Å². The molecule has 0 bridgehead atoms. The van der Waals surface area contributed by atoms with Gasteiger partial charge in [-0.3, -0.25) is 9.59 Å². The summed E-state index contributed by atoms with van der Waals surface area (Å²) in [4.78, 5) is 37.1. The van der Waals surface area contributed by atoms with Gasteiger partial charge in [0.1, 0.15) is 12.1 Å². The van der Waals surface area contributed by atoms with Gasteiger partial charge in [-0.15, -0.1) is 0 Å². The van der Waals surface area contributed by atoms with Gasteiger partial charge in [0, 0.05) is 12.0 Å². The average molecular weight is 463 g/mol. The molecule has 7 nitrogen and oxygen atoms in total. The number of nitrogens with one attached hydrogen (secondary N) is 2. The maximum Gasteiger partial charge on any atom is 0.408 e. The fourth-order valence-electron chi connectivity index (χ4n) is 5.77. The molecule has 2 atom stereocenters. The number of carbonyl (C=O) groups is 3. The topological polar surface area (TPSA) is 105 Å². The van der Waals surface area contributed by atoms with E-state index >= 15 is 0 Å². The summed E-state index contributed by atoms with van der Waals surface area (Å²) in [7, 11) is 0. The summed E-state index contributed by atoms with van der Waals surface area (Å²) >= 11 is 0. The van der Waals surface area contributed by atoms with Gasteiger partial charge in [0.2, 0.25) is 5.91 Å². The Hall–Kier alpha value is -3.35. The summed E-state index contributed by atoms with van der Waals surface area (Å²) in [5.41, 5.74) is 3.62. The number of benzene rings is 2. The first-order valence-corrected chi connectivity index (χ1v) is 12.1. The maximum atomic E-state index is 13.1. The Morgan fingerprint density at radius 1 is 0.941 bits per heavy atom. The van der Waals surface area contributed by atoms with Crippen molar-refractivity contribution in [2.45, 2.75) is 62.4 Å². The maximum absolute atomic E-state index is 13.1. The molecule has 2 aromatic rings. The number of fused-ring (bicyclic) bond motifs is 3. The van der Waals surface area contributed by atoms with Crippen molar-refractivity contribution in [2.75, 3.05) is 6.61 Å². The molecular formula is C27H30N2O5. The van der Waals surface area contributed by atoms with E-state index in [0.717, 1.165) is 47.9 Å². The quantitative estimate of drug-likeness (QED) is 0.572. The summed E-state index contributed by atoms with van der Waals surface area (Å²) in [6.07, 6.45) is 3.88. The van der Waals surface area contributed by atoms with Gasteiger partial charge in [0.25, 0.3) is 0 Å². The highest BCUT2D eigenvalue weighted by atomic mass is 16.5. The van der Waals surface area contributed by atoms with Crippen LogP contribution in [0, 0.1) is 5.92 Å². The van der Waals surface area contributed by atoms with E-state index in [4.69, 9.17) is 9.84 Å². The minimum Gasteiger partial charge on any atom is -0.481 e. The Bertz CT molecular complexity index is 1060. The van der Waals surface area contributed by atoms with Crippen molar-refractivity contribution in [1.29, 1.82) is 0 Å².